The lowest BCUT2D eigenvalue weighted by Crippen LogP contribution is -2.37. The van der Waals surface area contributed by atoms with Crippen molar-refractivity contribution < 1.29 is 9.90 Å². The molecule has 194 valence electrons. The summed E-state index contributed by atoms with van der Waals surface area (Å²) in [6.07, 6.45) is 1.72. The van der Waals surface area contributed by atoms with E-state index in [-0.39, 0.29) is 12.0 Å². The monoisotopic (exact) mass is 546 g/mol. The zero-order chi connectivity index (χ0) is 26.6. The number of hydrogen-bond acceptors (Lipinski definition) is 7. The topological polar surface area (TPSA) is 94.6 Å². The van der Waals surface area contributed by atoms with Crippen LogP contribution in [0.2, 0.25) is 5.02 Å². The van der Waals surface area contributed by atoms with Gasteiger partial charge >= 0.3 is 5.97 Å². The maximum Gasteiger partial charge on any atom is 0.317 e. The molecule has 2 aromatic heterocycles. The van der Waals surface area contributed by atoms with Crippen molar-refractivity contribution in [3.05, 3.63) is 87.7 Å². The Labute approximate surface area is 228 Å². The normalized spacial score (nSPS) is 11.4. The number of fused-ring (bicyclic) bond motifs is 3. The predicted octanol–water partition coefficient (Wildman–Crippen LogP) is 5.84. The first kappa shape index (κ1) is 25.9. The first-order chi connectivity index (χ1) is 18.4. The van der Waals surface area contributed by atoms with Gasteiger partial charge in [-0.2, -0.15) is 0 Å². The number of anilines is 2. The van der Waals surface area contributed by atoms with Gasteiger partial charge in [-0.3, -0.25) is 19.5 Å². The van der Waals surface area contributed by atoms with Crippen LogP contribution in [-0.4, -0.2) is 53.7 Å². The van der Waals surface area contributed by atoms with Gasteiger partial charge in [0, 0.05) is 68.9 Å². The number of aliphatic carboxylic acids is 1. The number of carbonyl (C=O) groups is 1. The van der Waals surface area contributed by atoms with Gasteiger partial charge in [0.15, 0.2) is 5.43 Å². The van der Waals surface area contributed by atoms with Gasteiger partial charge in [0.25, 0.3) is 0 Å². The van der Waals surface area contributed by atoms with E-state index in [1.54, 1.807) is 17.5 Å². The molecule has 0 aliphatic carbocycles. The fourth-order valence-corrected chi connectivity index (χ4v) is 5.95. The lowest BCUT2D eigenvalue weighted by molar-refractivity contribution is -0.138. The van der Waals surface area contributed by atoms with Gasteiger partial charge in [-0.25, -0.2) is 0 Å². The van der Waals surface area contributed by atoms with E-state index >= 15 is 0 Å². The number of nitrogens with zero attached hydrogens (tertiary/aromatic N) is 2. The highest BCUT2D eigenvalue weighted by Crippen LogP contribution is 2.31. The van der Waals surface area contributed by atoms with Crippen molar-refractivity contribution >= 4 is 71.4 Å². The quantitative estimate of drug-likeness (QED) is 0.190. The molecule has 0 fully saturated rings. The third-order valence-electron chi connectivity index (χ3n) is 6.48. The molecule has 3 aromatic carbocycles. The number of nitrogens with one attached hydrogen (secondary N) is 2. The second kappa shape index (κ2) is 11.3. The average molecular weight is 547 g/mol. The van der Waals surface area contributed by atoms with Crippen molar-refractivity contribution in [2.75, 3.05) is 43.4 Å². The van der Waals surface area contributed by atoms with E-state index in [1.165, 1.54) is 0 Å². The second-order valence-electron chi connectivity index (χ2n) is 9.10. The Morgan fingerprint density at radius 2 is 1.76 bits per heavy atom. The van der Waals surface area contributed by atoms with Gasteiger partial charge in [-0.15, -0.1) is 11.3 Å². The summed E-state index contributed by atoms with van der Waals surface area (Å²) in [5.41, 5.74) is 3.56. The molecule has 0 aliphatic rings. The molecule has 0 atom stereocenters. The highest BCUT2D eigenvalue weighted by molar-refractivity contribution is 7.24. The van der Waals surface area contributed by atoms with E-state index in [4.69, 9.17) is 11.6 Å². The SMILES string of the molecule is Cc1ccc(NCCN(CCNc2ccnc3cc(Cl)ccc23)CC(=O)O)c2c(=O)c3ccccc3sc12. The number of pyridine rings is 1. The molecule has 38 heavy (non-hydrogen) atoms. The first-order valence-corrected chi connectivity index (χ1v) is 13.5. The van der Waals surface area contributed by atoms with Crippen LogP contribution in [0, 0.1) is 6.92 Å². The fourth-order valence-electron chi connectivity index (χ4n) is 4.61. The Bertz CT molecular complexity index is 1710. The predicted molar refractivity (Wildman–Crippen MR) is 158 cm³/mol. The van der Waals surface area contributed by atoms with Crippen LogP contribution in [0.3, 0.4) is 0 Å². The van der Waals surface area contributed by atoms with Crippen molar-refractivity contribution in [2.24, 2.45) is 0 Å². The molecule has 5 rings (SSSR count). The maximum atomic E-state index is 13.3. The van der Waals surface area contributed by atoms with E-state index in [0.29, 0.717) is 42.0 Å². The van der Waals surface area contributed by atoms with E-state index < -0.39 is 5.97 Å². The lowest BCUT2D eigenvalue weighted by atomic mass is 10.1. The van der Waals surface area contributed by atoms with E-state index in [1.807, 2.05) is 72.5 Å². The number of halogens is 1. The summed E-state index contributed by atoms with van der Waals surface area (Å²) in [6, 6.07) is 19.1. The number of carboxylic acids is 1. The van der Waals surface area contributed by atoms with Gasteiger partial charge < -0.3 is 15.7 Å². The van der Waals surface area contributed by atoms with Crippen molar-refractivity contribution in [2.45, 2.75) is 6.92 Å². The molecule has 0 spiro atoms. The zero-order valence-electron chi connectivity index (χ0n) is 20.8. The molecule has 0 amide bonds. The smallest absolute Gasteiger partial charge is 0.317 e. The third-order valence-corrected chi connectivity index (χ3v) is 8.02. The molecule has 7 nitrogen and oxygen atoms in total. The Balaban J connectivity index is 1.28. The Kier molecular flexibility index (Phi) is 7.74. The van der Waals surface area contributed by atoms with Crippen molar-refractivity contribution in [1.82, 2.24) is 9.88 Å². The molecular formula is C29H27ClN4O3S. The highest BCUT2D eigenvalue weighted by atomic mass is 35.5. The fraction of sp³-hybridized carbons (Fsp3) is 0.207. The summed E-state index contributed by atoms with van der Waals surface area (Å²) in [5, 5.41) is 19.2. The van der Waals surface area contributed by atoms with Gasteiger partial charge in [0.1, 0.15) is 0 Å². The maximum absolute atomic E-state index is 13.3. The number of hydrogen-bond donors (Lipinski definition) is 3. The highest BCUT2D eigenvalue weighted by Gasteiger charge is 2.14. The first-order valence-electron chi connectivity index (χ1n) is 12.3. The lowest BCUT2D eigenvalue weighted by Gasteiger charge is -2.22. The molecule has 3 N–H and O–H groups in total. The van der Waals surface area contributed by atoms with Crippen LogP contribution in [0.25, 0.3) is 31.1 Å². The van der Waals surface area contributed by atoms with Crippen molar-refractivity contribution in [3.8, 4) is 0 Å². The summed E-state index contributed by atoms with van der Waals surface area (Å²) >= 11 is 7.70. The summed E-state index contributed by atoms with van der Waals surface area (Å²) < 4.78 is 1.94. The number of aryl methyl sites for hydroxylation is 1. The largest absolute Gasteiger partial charge is 0.480 e. The molecule has 5 aromatic rings. The summed E-state index contributed by atoms with van der Waals surface area (Å²) in [6.45, 7) is 4.02. The van der Waals surface area contributed by atoms with Crippen LogP contribution < -0.4 is 16.1 Å². The van der Waals surface area contributed by atoms with Crippen LogP contribution >= 0.6 is 22.9 Å². The minimum absolute atomic E-state index is 0.0120. The molecule has 0 aliphatic heterocycles. The number of benzene rings is 3. The van der Waals surface area contributed by atoms with Crippen LogP contribution in [0.4, 0.5) is 11.4 Å². The Morgan fingerprint density at radius 3 is 2.55 bits per heavy atom. The van der Waals surface area contributed by atoms with Crippen molar-refractivity contribution in [1.29, 1.82) is 0 Å². The Morgan fingerprint density at radius 1 is 1.00 bits per heavy atom. The number of rotatable bonds is 10. The van der Waals surface area contributed by atoms with E-state index in [0.717, 1.165) is 37.2 Å². The molecule has 2 heterocycles. The van der Waals surface area contributed by atoms with Crippen LogP contribution in [0.15, 0.2) is 71.7 Å². The second-order valence-corrected chi connectivity index (χ2v) is 10.6. The minimum Gasteiger partial charge on any atom is -0.480 e. The van der Waals surface area contributed by atoms with Crippen LogP contribution in [0.1, 0.15) is 5.56 Å². The third kappa shape index (κ3) is 5.57. The molecule has 9 heteroatoms. The molecule has 0 unspecified atom stereocenters. The molecule has 0 saturated heterocycles. The molecule has 0 radical (unpaired) electrons. The van der Waals surface area contributed by atoms with E-state index in [9.17, 15) is 14.7 Å². The standard InChI is InChI=1S/C29H27ClN4O3S/c1-18-6-9-23(27-28(37)21-4-2-3-5-25(21)38-29(18)27)33-13-15-34(17-26(35)36)14-12-32-22-10-11-31-24-16-19(30)7-8-20(22)24/h2-11,16,33H,12-15,17H2,1H3,(H,31,32)(H,35,36). The van der Waals surface area contributed by atoms with Gasteiger partial charge in [0.05, 0.1) is 17.4 Å². The molecule has 0 bridgehead atoms. The summed E-state index contributed by atoms with van der Waals surface area (Å²) in [5.74, 6) is -0.884. The van der Waals surface area contributed by atoms with Crippen LogP contribution in [0.5, 0.6) is 0 Å². The van der Waals surface area contributed by atoms with Gasteiger partial charge in [-0.1, -0.05) is 29.8 Å². The summed E-state index contributed by atoms with van der Waals surface area (Å²) in [7, 11) is 0. The minimum atomic E-state index is -0.884. The molecule has 0 saturated carbocycles. The van der Waals surface area contributed by atoms with E-state index in [2.05, 4.69) is 15.6 Å². The van der Waals surface area contributed by atoms with Gasteiger partial charge in [-0.05, 0) is 55.0 Å². The molecular weight excluding hydrogens is 520 g/mol. The number of carboxylic acid groups (broad SMARTS) is 1. The van der Waals surface area contributed by atoms with Gasteiger partial charge in [0.2, 0.25) is 0 Å². The van der Waals surface area contributed by atoms with Crippen LogP contribution in [-0.2, 0) is 4.79 Å². The summed E-state index contributed by atoms with van der Waals surface area (Å²) in [4.78, 5) is 31.1. The van der Waals surface area contributed by atoms with Crippen molar-refractivity contribution in [3.63, 3.8) is 0 Å². The average Bonchev–Trinajstić information content (AvgIpc) is 2.90. The zero-order valence-corrected chi connectivity index (χ0v) is 22.4. The Hall–Kier alpha value is -3.72. The number of aromatic nitrogens is 1.